The molecular weight excluding hydrogens is 260 g/mol. The minimum Gasteiger partial charge on any atom is -0.381 e. The van der Waals surface area contributed by atoms with E-state index in [1.54, 1.807) is 28.8 Å². The molecule has 2 saturated heterocycles. The van der Waals surface area contributed by atoms with Crippen LogP contribution in [0.3, 0.4) is 0 Å². The van der Waals surface area contributed by atoms with Gasteiger partial charge in [-0.2, -0.15) is 0 Å². The smallest absolute Gasteiger partial charge is 0.319 e. The van der Waals surface area contributed by atoms with Crippen molar-refractivity contribution in [3.8, 4) is 0 Å². The Morgan fingerprint density at radius 3 is 2.05 bits per heavy atom. The normalized spacial score (nSPS) is 22.6. The molecule has 0 aromatic carbocycles. The quantitative estimate of drug-likeness (QED) is 0.692. The summed E-state index contributed by atoms with van der Waals surface area (Å²) in [5.74, 6) is -0.00208. The van der Waals surface area contributed by atoms with Crippen molar-refractivity contribution in [1.29, 1.82) is 0 Å². The van der Waals surface area contributed by atoms with Crippen molar-refractivity contribution in [3.05, 3.63) is 0 Å². The second kappa shape index (κ2) is 5.97. The summed E-state index contributed by atoms with van der Waals surface area (Å²) in [7, 11) is 3.47. The third-order valence-electron chi connectivity index (χ3n) is 4.03. The van der Waals surface area contributed by atoms with Crippen LogP contribution in [0.4, 0.5) is 4.79 Å². The van der Waals surface area contributed by atoms with Gasteiger partial charge in [0.2, 0.25) is 5.91 Å². The monoisotopic (exact) mass is 284 g/mol. The highest BCUT2D eigenvalue weighted by Crippen LogP contribution is 2.21. The van der Waals surface area contributed by atoms with Crippen LogP contribution in [0.1, 0.15) is 12.8 Å². The highest BCUT2D eigenvalue weighted by Gasteiger charge is 2.40. The molecule has 0 aromatic heterocycles. The van der Waals surface area contributed by atoms with Crippen LogP contribution in [-0.2, 0) is 9.53 Å². The van der Waals surface area contributed by atoms with Crippen LogP contribution in [0.5, 0.6) is 0 Å². The summed E-state index contributed by atoms with van der Waals surface area (Å²) in [5, 5.41) is 0. The number of hydrogen-bond acceptors (Lipinski definition) is 4. The zero-order valence-corrected chi connectivity index (χ0v) is 12.3. The van der Waals surface area contributed by atoms with Gasteiger partial charge in [-0.05, 0) is 12.8 Å². The van der Waals surface area contributed by atoms with E-state index in [-0.39, 0.29) is 11.9 Å². The first-order valence-corrected chi connectivity index (χ1v) is 7.06. The van der Waals surface area contributed by atoms with E-state index in [2.05, 4.69) is 0 Å². The Labute approximate surface area is 119 Å². The number of ether oxygens (including phenoxy) is 1. The van der Waals surface area contributed by atoms with Crippen LogP contribution >= 0.6 is 0 Å². The summed E-state index contributed by atoms with van der Waals surface area (Å²) >= 11 is 0. The molecule has 0 spiro atoms. The third-order valence-corrected chi connectivity index (χ3v) is 4.03. The van der Waals surface area contributed by atoms with E-state index in [0.717, 1.165) is 0 Å². The van der Waals surface area contributed by atoms with Crippen LogP contribution in [0.25, 0.3) is 0 Å². The summed E-state index contributed by atoms with van der Waals surface area (Å²) in [5.41, 5.74) is 5.43. The lowest BCUT2D eigenvalue weighted by Gasteiger charge is -2.41. The van der Waals surface area contributed by atoms with Crippen molar-refractivity contribution >= 4 is 11.9 Å². The fraction of sp³-hybridized carbons (Fsp3) is 0.846. The highest BCUT2D eigenvalue weighted by atomic mass is 16.5. The van der Waals surface area contributed by atoms with Crippen molar-refractivity contribution in [3.63, 3.8) is 0 Å². The van der Waals surface area contributed by atoms with Gasteiger partial charge in [0.25, 0.3) is 0 Å². The molecule has 3 amide bonds. The largest absolute Gasteiger partial charge is 0.381 e. The molecule has 2 fully saturated rings. The fourth-order valence-corrected chi connectivity index (χ4v) is 2.65. The highest BCUT2D eigenvalue weighted by molar-refractivity contribution is 5.86. The van der Waals surface area contributed by atoms with Crippen molar-refractivity contribution in [1.82, 2.24) is 14.7 Å². The Hall–Kier alpha value is -1.34. The van der Waals surface area contributed by atoms with Crippen LogP contribution < -0.4 is 5.73 Å². The second-order valence-corrected chi connectivity index (χ2v) is 5.72. The molecule has 7 heteroatoms. The van der Waals surface area contributed by atoms with Crippen molar-refractivity contribution in [2.75, 3.05) is 53.5 Å². The molecule has 2 aliphatic rings. The molecule has 2 heterocycles. The Bertz CT molecular complexity index is 372. The first kappa shape index (κ1) is 15.1. The van der Waals surface area contributed by atoms with Gasteiger partial charge in [0.1, 0.15) is 0 Å². The number of carbonyl (C=O) groups is 2. The lowest BCUT2D eigenvalue weighted by Crippen LogP contribution is -2.62. The van der Waals surface area contributed by atoms with Gasteiger partial charge in [-0.3, -0.25) is 4.79 Å². The molecule has 20 heavy (non-hydrogen) atoms. The average molecular weight is 284 g/mol. The maximum Gasteiger partial charge on any atom is 0.319 e. The van der Waals surface area contributed by atoms with Gasteiger partial charge >= 0.3 is 6.03 Å². The summed E-state index contributed by atoms with van der Waals surface area (Å²) in [6.45, 7) is 3.32. The average Bonchev–Trinajstić information content (AvgIpc) is 2.46. The number of nitrogens with two attached hydrogens (primary N) is 1. The van der Waals surface area contributed by atoms with Crippen molar-refractivity contribution < 1.29 is 14.3 Å². The molecule has 0 atom stereocenters. The van der Waals surface area contributed by atoms with E-state index >= 15 is 0 Å². The zero-order chi connectivity index (χ0) is 14.8. The summed E-state index contributed by atoms with van der Waals surface area (Å²) in [4.78, 5) is 29.5. The summed E-state index contributed by atoms with van der Waals surface area (Å²) < 4.78 is 5.27. The first-order chi connectivity index (χ1) is 9.44. The fourth-order valence-electron chi connectivity index (χ4n) is 2.65. The Morgan fingerprint density at radius 2 is 1.55 bits per heavy atom. The van der Waals surface area contributed by atoms with Gasteiger partial charge in [0.05, 0.1) is 5.54 Å². The number of amides is 3. The molecule has 2 N–H and O–H groups in total. The predicted molar refractivity (Wildman–Crippen MR) is 74.2 cm³/mol. The Balaban J connectivity index is 1.90. The zero-order valence-electron chi connectivity index (χ0n) is 12.3. The van der Waals surface area contributed by atoms with E-state index < -0.39 is 5.54 Å². The lowest BCUT2D eigenvalue weighted by atomic mass is 9.89. The van der Waals surface area contributed by atoms with Gasteiger partial charge < -0.3 is 25.2 Å². The standard InChI is InChI=1S/C13H24N4O3/c1-15(2)12(19)17-7-5-16(6-8-17)11(18)13(14)3-9-20-10-4-13/h3-10,14H2,1-2H3. The minimum atomic E-state index is -0.786. The number of nitrogens with zero attached hydrogens (tertiary/aromatic N) is 3. The van der Waals surface area contributed by atoms with E-state index in [0.29, 0.717) is 52.2 Å². The van der Waals surface area contributed by atoms with Crippen LogP contribution in [-0.4, -0.2) is 85.7 Å². The van der Waals surface area contributed by atoms with Gasteiger partial charge in [-0.25, -0.2) is 4.79 Å². The number of hydrogen-bond donors (Lipinski definition) is 1. The number of piperazine rings is 1. The van der Waals surface area contributed by atoms with E-state index in [1.165, 1.54) is 0 Å². The molecule has 0 aromatic rings. The van der Waals surface area contributed by atoms with Crippen LogP contribution in [0, 0.1) is 0 Å². The van der Waals surface area contributed by atoms with Gasteiger partial charge in [0, 0.05) is 53.5 Å². The third kappa shape index (κ3) is 3.04. The molecule has 0 radical (unpaired) electrons. The minimum absolute atomic E-state index is 0.00208. The van der Waals surface area contributed by atoms with E-state index in [4.69, 9.17) is 10.5 Å². The summed E-state index contributed by atoms with van der Waals surface area (Å²) in [6, 6.07) is -0.00868. The van der Waals surface area contributed by atoms with Gasteiger partial charge in [-0.15, -0.1) is 0 Å². The first-order valence-electron chi connectivity index (χ1n) is 7.06. The number of rotatable bonds is 1. The molecule has 114 valence electrons. The predicted octanol–water partition coefficient (Wildman–Crippen LogP) is -0.680. The van der Waals surface area contributed by atoms with Crippen LogP contribution in [0.15, 0.2) is 0 Å². The lowest BCUT2D eigenvalue weighted by molar-refractivity contribution is -0.142. The SMILES string of the molecule is CN(C)C(=O)N1CCN(C(=O)C2(N)CCOCC2)CC1. The van der Waals surface area contributed by atoms with E-state index in [9.17, 15) is 9.59 Å². The Kier molecular flexibility index (Phi) is 4.49. The molecule has 0 saturated carbocycles. The molecule has 7 nitrogen and oxygen atoms in total. The topological polar surface area (TPSA) is 79.1 Å². The molecular formula is C13H24N4O3. The molecule has 0 unspecified atom stereocenters. The second-order valence-electron chi connectivity index (χ2n) is 5.72. The maximum atomic E-state index is 12.5. The van der Waals surface area contributed by atoms with Crippen molar-refractivity contribution in [2.45, 2.75) is 18.4 Å². The molecule has 2 rings (SSSR count). The molecule has 2 aliphatic heterocycles. The van der Waals surface area contributed by atoms with E-state index in [1.807, 2.05) is 0 Å². The Morgan fingerprint density at radius 1 is 1.05 bits per heavy atom. The molecule has 0 bridgehead atoms. The van der Waals surface area contributed by atoms with Crippen LogP contribution in [0.2, 0.25) is 0 Å². The summed E-state index contributed by atoms with van der Waals surface area (Å²) in [6.07, 6.45) is 1.14. The van der Waals surface area contributed by atoms with Gasteiger partial charge in [-0.1, -0.05) is 0 Å². The van der Waals surface area contributed by atoms with Crippen molar-refractivity contribution in [2.24, 2.45) is 5.73 Å². The van der Waals surface area contributed by atoms with Gasteiger partial charge in [0.15, 0.2) is 0 Å². The maximum absolute atomic E-state index is 12.5. The molecule has 0 aliphatic carbocycles. The number of urea groups is 1. The number of carbonyl (C=O) groups excluding carboxylic acids is 2.